The molecular formula is C13H22N2S. The Morgan fingerprint density at radius 3 is 2.69 bits per heavy atom. The first-order valence-corrected chi connectivity index (χ1v) is 7.22. The normalized spacial score (nSPS) is 25.8. The largest absolute Gasteiger partial charge is 0.398 e. The maximum absolute atomic E-state index is 5.87. The molecule has 3 heteroatoms. The molecule has 2 rings (SSSR count). The van der Waals surface area contributed by atoms with E-state index in [0.29, 0.717) is 6.04 Å². The van der Waals surface area contributed by atoms with Crippen molar-refractivity contribution in [2.24, 2.45) is 5.92 Å². The van der Waals surface area contributed by atoms with E-state index in [1.54, 1.807) is 11.3 Å². The molecule has 16 heavy (non-hydrogen) atoms. The Morgan fingerprint density at radius 2 is 2.12 bits per heavy atom. The maximum Gasteiger partial charge on any atom is 0.0468 e. The van der Waals surface area contributed by atoms with Gasteiger partial charge in [-0.1, -0.05) is 13.3 Å². The standard InChI is InChI=1S/C13H22N2S/c1-2-10-3-5-11(6-4-10)15-9-13-12(14)7-8-16-13/h7-8,10-11,15H,2-6,9,14H2,1H3. The first-order chi connectivity index (χ1) is 7.79. The van der Waals surface area contributed by atoms with Crippen molar-refractivity contribution in [2.45, 2.75) is 51.6 Å². The lowest BCUT2D eigenvalue weighted by atomic mass is 9.84. The number of nitrogens with two attached hydrogens (primary N) is 1. The van der Waals surface area contributed by atoms with Gasteiger partial charge in [0.2, 0.25) is 0 Å². The Kier molecular flexibility index (Phi) is 4.24. The highest BCUT2D eigenvalue weighted by molar-refractivity contribution is 7.10. The van der Waals surface area contributed by atoms with Gasteiger partial charge in [-0.05, 0) is 43.0 Å². The Morgan fingerprint density at radius 1 is 1.38 bits per heavy atom. The van der Waals surface area contributed by atoms with Gasteiger partial charge >= 0.3 is 0 Å². The summed E-state index contributed by atoms with van der Waals surface area (Å²) in [5.74, 6) is 0.977. The summed E-state index contributed by atoms with van der Waals surface area (Å²) < 4.78 is 0. The van der Waals surface area contributed by atoms with Crippen LogP contribution in [-0.4, -0.2) is 6.04 Å². The second-order valence-electron chi connectivity index (χ2n) is 4.81. The quantitative estimate of drug-likeness (QED) is 0.844. The van der Waals surface area contributed by atoms with Gasteiger partial charge in [-0.2, -0.15) is 0 Å². The van der Waals surface area contributed by atoms with Gasteiger partial charge in [0, 0.05) is 23.2 Å². The molecule has 1 fully saturated rings. The van der Waals surface area contributed by atoms with E-state index >= 15 is 0 Å². The molecule has 0 saturated heterocycles. The fourth-order valence-electron chi connectivity index (χ4n) is 2.51. The molecule has 1 saturated carbocycles. The summed E-state index contributed by atoms with van der Waals surface area (Å²) in [4.78, 5) is 1.29. The molecule has 0 unspecified atom stereocenters. The monoisotopic (exact) mass is 238 g/mol. The average molecular weight is 238 g/mol. The minimum absolute atomic E-state index is 0.712. The molecule has 2 nitrogen and oxygen atoms in total. The van der Waals surface area contributed by atoms with Crippen molar-refractivity contribution in [3.8, 4) is 0 Å². The number of rotatable bonds is 4. The number of anilines is 1. The number of nitrogens with one attached hydrogen (secondary N) is 1. The first-order valence-electron chi connectivity index (χ1n) is 6.34. The predicted octanol–water partition coefficient (Wildman–Crippen LogP) is 3.39. The van der Waals surface area contributed by atoms with Crippen molar-refractivity contribution in [1.82, 2.24) is 5.32 Å². The van der Waals surface area contributed by atoms with Gasteiger partial charge in [0.15, 0.2) is 0 Å². The van der Waals surface area contributed by atoms with Gasteiger partial charge in [0.25, 0.3) is 0 Å². The molecule has 3 N–H and O–H groups in total. The average Bonchev–Trinajstić information content (AvgIpc) is 2.73. The van der Waals surface area contributed by atoms with Crippen LogP contribution in [0.1, 0.15) is 43.9 Å². The van der Waals surface area contributed by atoms with Crippen molar-refractivity contribution in [3.05, 3.63) is 16.3 Å². The summed E-state index contributed by atoms with van der Waals surface area (Å²) >= 11 is 1.76. The molecule has 0 spiro atoms. The molecule has 90 valence electrons. The lowest BCUT2D eigenvalue weighted by Crippen LogP contribution is -2.32. The lowest BCUT2D eigenvalue weighted by molar-refractivity contribution is 0.286. The Balaban J connectivity index is 1.73. The SMILES string of the molecule is CCC1CCC(NCc2sccc2N)CC1. The molecule has 1 heterocycles. The molecular weight excluding hydrogens is 216 g/mol. The lowest BCUT2D eigenvalue weighted by Gasteiger charge is -2.28. The van der Waals surface area contributed by atoms with Crippen LogP contribution in [0.25, 0.3) is 0 Å². The fourth-order valence-corrected chi connectivity index (χ4v) is 3.26. The van der Waals surface area contributed by atoms with Crippen molar-refractivity contribution in [1.29, 1.82) is 0 Å². The molecule has 1 aromatic heterocycles. The highest BCUT2D eigenvalue weighted by Crippen LogP contribution is 2.27. The Labute approximate surface area is 102 Å². The molecule has 1 aliphatic rings. The number of nitrogen functional groups attached to an aromatic ring is 1. The summed E-state index contributed by atoms with van der Waals surface area (Å²) in [6, 6.07) is 2.71. The summed E-state index contributed by atoms with van der Waals surface area (Å²) in [5, 5.41) is 5.71. The number of hydrogen-bond donors (Lipinski definition) is 2. The molecule has 0 atom stereocenters. The molecule has 0 aliphatic heterocycles. The fraction of sp³-hybridized carbons (Fsp3) is 0.692. The van der Waals surface area contributed by atoms with Crippen molar-refractivity contribution < 1.29 is 0 Å². The predicted molar refractivity (Wildman–Crippen MR) is 71.6 cm³/mol. The molecule has 0 bridgehead atoms. The second kappa shape index (κ2) is 5.69. The molecule has 0 aromatic carbocycles. The molecule has 1 aliphatic carbocycles. The van der Waals surface area contributed by atoms with Gasteiger partial charge in [-0.3, -0.25) is 0 Å². The minimum Gasteiger partial charge on any atom is -0.398 e. The van der Waals surface area contributed by atoms with Crippen LogP contribution in [0.4, 0.5) is 5.69 Å². The van der Waals surface area contributed by atoms with E-state index in [1.165, 1.54) is 37.0 Å². The summed E-state index contributed by atoms with van der Waals surface area (Å²) in [6.07, 6.45) is 6.82. The van der Waals surface area contributed by atoms with Crippen LogP contribution in [0.5, 0.6) is 0 Å². The van der Waals surface area contributed by atoms with E-state index in [-0.39, 0.29) is 0 Å². The van der Waals surface area contributed by atoms with E-state index in [0.717, 1.165) is 18.2 Å². The second-order valence-corrected chi connectivity index (χ2v) is 5.81. The smallest absolute Gasteiger partial charge is 0.0468 e. The molecule has 1 aromatic rings. The van der Waals surface area contributed by atoms with Crippen molar-refractivity contribution in [3.63, 3.8) is 0 Å². The van der Waals surface area contributed by atoms with Gasteiger partial charge < -0.3 is 11.1 Å². The van der Waals surface area contributed by atoms with Crippen LogP contribution in [0, 0.1) is 5.92 Å². The van der Waals surface area contributed by atoms with E-state index in [4.69, 9.17) is 5.73 Å². The van der Waals surface area contributed by atoms with Crippen LogP contribution < -0.4 is 11.1 Å². The van der Waals surface area contributed by atoms with Crippen LogP contribution in [0.2, 0.25) is 0 Å². The van der Waals surface area contributed by atoms with E-state index in [9.17, 15) is 0 Å². The third-order valence-electron chi connectivity index (χ3n) is 3.76. The highest BCUT2D eigenvalue weighted by atomic mass is 32.1. The van der Waals surface area contributed by atoms with Crippen LogP contribution in [-0.2, 0) is 6.54 Å². The van der Waals surface area contributed by atoms with Gasteiger partial charge in [0.05, 0.1) is 0 Å². The maximum atomic E-state index is 5.87. The first kappa shape index (κ1) is 11.9. The topological polar surface area (TPSA) is 38.0 Å². The van der Waals surface area contributed by atoms with Gasteiger partial charge in [-0.25, -0.2) is 0 Å². The van der Waals surface area contributed by atoms with E-state index in [1.807, 2.05) is 6.07 Å². The highest BCUT2D eigenvalue weighted by Gasteiger charge is 2.19. The number of hydrogen-bond acceptors (Lipinski definition) is 3. The zero-order chi connectivity index (χ0) is 11.4. The van der Waals surface area contributed by atoms with Crippen LogP contribution in [0.3, 0.4) is 0 Å². The van der Waals surface area contributed by atoms with Crippen LogP contribution in [0.15, 0.2) is 11.4 Å². The Bertz CT molecular complexity index is 313. The number of thiophene rings is 1. The zero-order valence-electron chi connectivity index (χ0n) is 10.0. The van der Waals surface area contributed by atoms with Gasteiger partial charge in [0.1, 0.15) is 0 Å². The summed E-state index contributed by atoms with van der Waals surface area (Å²) in [6.45, 7) is 3.26. The molecule has 0 amide bonds. The van der Waals surface area contributed by atoms with Gasteiger partial charge in [-0.15, -0.1) is 11.3 Å². The van der Waals surface area contributed by atoms with Crippen LogP contribution >= 0.6 is 11.3 Å². The summed E-state index contributed by atoms with van der Waals surface area (Å²) in [7, 11) is 0. The zero-order valence-corrected chi connectivity index (χ0v) is 10.9. The van der Waals surface area contributed by atoms with Crippen molar-refractivity contribution in [2.75, 3.05) is 5.73 Å². The summed E-state index contributed by atoms with van der Waals surface area (Å²) in [5.41, 5.74) is 6.81. The van der Waals surface area contributed by atoms with E-state index in [2.05, 4.69) is 17.6 Å². The minimum atomic E-state index is 0.712. The Hall–Kier alpha value is -0.540. The van der Waals surface area contributed by atoms with Crippen molar-refractivity contribution >= 4 is 17.0 Å². The third-order valence-corrected chi connectivity index (χ3v) is 4.69. The molecule has 0 radical (unpaired) electrons. The third kappa shape index (κ3) is 2.98. The van der Waals surface area contributed by atoms with E-state index < -0.39 is 0 Å².